The van der Waals surface area contributed by atoms with Gasteiger partial charge in [-0.3, -0.25) is 4.90 Å². The topological polar surface area (TPSA) is 12.5 Å². The van der Waals surface area contributed by atoms with E-state index in [1.54, 1.807) is 0 Å². The largest absolute Gasteiger partial charge is 0.490 e. The minimum atomic E-state index is 0.341. The molecule has 2 nitrogen and oxygen atoms in total. The van der Waals surface area contributed by atoms with Gasteiger partial charge in [0, 0.05) is 24.2 Å². The third kappa shape index (κ3) is 2.90. The highest BCUT2D eigenvalue weighted by Crippen LogP contribution is 2.40. The Morgan fingerprint density at radius 3 is 2.53 bits per heavy atom. The number of halogens is 1. The Balaban J connectivity index is 2.49. The van der Waals surface area contributed by atoms with Crippen molar-refractivity contribution in [3.05, 3.63) is 28.3 Å². The fraction of sp³-hybridized carbons (Fsp3) is 0.625. The molecule has 1 atom stereocenters. The fourth-order valence-electron chi connectivity index (χ4n) is 2.76. The van der Waals surface area contributed by atoms with E-state index in [4.69, 9.17) is 16.3 Å². The second-order valence-corrected chi connectivity index (χ2v) is 6.34. The highest BCUT2D eigenvalue weighted by atomic mass is 35.5. The second-order valence-electron chi connectivity index (χ2n) is 5.93. The maximum Gasteiger partial charge on any atom is 0.142 e. The van der Waals surface area contributed by atoms with Gasteiger partial charge in [-0.05, 0) is 38.3 Å². The Morgan fingerprint density at radius 1 is 1.26 bits per heavy atom. The van der Waals surface area contributed by atoms with Crippen LogP contribution in [0.25, 0.3) is 0 Å². The molecule has 0 radical (unpaired) electrons. The molecule has 1 heterocycles. The van der Waals surface area contributed by atoms with Crippen LogP contribution in [0.5, 0.6) is 5.75 Å². The van der Waals surface area contributed by atoms with Crippen molar-refractivity contribution < 1.29 is 4.74 Å². The molecule has 0 aliphatic carbocycles. The van der Waals surface area contributed by atoms with E-state index in [1.165, 1.54) is 11.1 Å². The first-order chi connectivity index (χ1) is 8.91. The van der Waals surface area contributed by atoms with E-state index in [2.05, 4.69) is 45.6 Å². The molecule has 3 heteroatoms. The normalized spacial score (nSPS) is 20.3. The van der Waals surface area contributed by atoms with Gasteiger partial charge >= 0.3 is 0 Å². The van der Waals surface area contributed by atoms with Crippen molar-refractivity contribution in [3.8, 4) is 5.75 Å². The standard InChI is InChI=1S/C16H24ClNO/c1-10(2)13-8-14-12(5)18(11(3)4)6-7-19-16(14)15(17)9-13/h8-12H,6-7H2,1-5H3/t12-/m0/s1. The molecule has 2 rings (SSSR count). The first-order valence-electron chi connectivity index (χ1n) is 7.13. The van der Waals surface area contributed by atoms with Gasteiger partial charge in [0.15, 0.2) is 0 Å². The number of hydrogen-bond acceptors (Lipinski definition) is 2. The van der Waals surface area contributed by atoms with Crippen LogP contribution in [0.15, 0.2) is 12.1 Å². The smallest absolute Gasteiger partial charge is 0.142 e. The Labute approximate surface area is 121 Å². The van der Waals surface area contributed by atoms with Gasteiger partial charge in [-0.1, -0.05) is 31.5 Å². The summed E-state index contributed by atoms with van der Waals surface area (Å²) in [5.41, 5.74) is 2.51. The van der Waals surface area contributed by atoms with E-state index in [0.29, 0.717) is 24.6 Å². The van der Waals surface area contributed by atoms with Gasteiger partial charge in [-0.2, -0.15) is 0 Å². The summed E-state index contributed by atoms with van der Waals surface area (Å²) in [5, 5.41) is 0.749. The first kappa shape index (κ1) is 14.7. The number of benzene rings is 1. The first-order valence-corrected chi connectivity index (χ1v) is 7.51. The SMILES string of the molecule is CC(C)c1cc(Cl)c2c(c1)[C@H](C)N(C(C)C)CCO2. The monoisotopic (exact) mass is 281 g/mol. The molecule has 0 N–H and O–H groups in total. The lowest BCUT2D eigenvalue weighted by Gasteiger charge is -2.31. The van der Waals surface area contributed by atoms with E-state index in [0.717, 1.165) is 17.3 Å². The Kier molecular flexibility index (Phi) is 4.42. The average Bonchev–Trinajstić information content (AvgIpc) is 2.49. The molecule has 1 aliphatic heterocycles. The molecule has 0 amide bonds. The van der Waals surface area contributed by atoms with Crippen LogP contribution in [0.1, 0.15) is 57.7 Å². The van der Waals surface area contributed by atoms with Gasteiger partial charge in [-0.25, -0.2) is 0 Å². The minimum absolute atomic E-state index is 0.341. The molecule has 0 fully saturated rings. The Bertz CT molecular complexity index is 456. The van der Waals surface area contributed by atoms with E-state index in [-0.39, 0.29) is 0 Å². The summed E-state index contributed by atoms with van der Waals surface area (Å²) in [6, 6.07) is 5.15. The zero-order valence-corrected chi connectivity index (χ0v) is 13.3. The molecule has 106 valence electrons. The lowest BCUT2D eigenvalue weighted by atomic mass is 9.96. The number of rotatable bonds is 2. The van der Waals surface area contributed by atoms with Gasteiger partial charge in [-0.15, -0.1) is 0 Å². The minimum Gasteiger partial charge on any atom is -0.490 e. The molecule has 1 aliphatic rings. The third-order valence-corrected chi connectivity index (χ3v) is 4.25. The van der Waals surface area contributed by atoms with Crippen LogP contribution in [-0.4, -0.2) is 24.1 Å². The van der Waals surface area contributed by atoms with Gasteiger partial charge in [0.25, 0.3) is 0 Å². The number of ether oxygens (including phenoxy) is 1. The lowest BCUT2D eigenvalue weighted by molar-refractivity contribution is 0.152. The summed E-state index contributed by atoms with van der Waals surface area (Å²) < 4.78 is 5.89. The molecule has 1 aromatic carbocycles. The zero-order valence-electron chi connectivity index (χ0n) is 12.5. The molecule has 0 bridgehead atoms. The summed E-state index contributed by atoms with van der Waals surface area (Å²) in [5.74, 6) is 1.35. The van der Waals surface area contributed by atoms with E-state index >= 15 is 0 Å². The lowest BCUT2D eigenvalue weighted by Crippen LogP contribution is -2.35. The summed E-state index contributed by atoms with van der Waals surface area (Å²) in [6.45, 7) is 12.7. The molecule has 0 aromatic heterocycles. The molecule has 0 unspecified atom stereocenters. The average molecular weight is 282 g/mol. The van der Waals surface area contributed by atoms with Gasteiger partial charge in [0.1, 0.15) is 12.4 Å². The highest BCUT2D eigenvalue weighted by molar-refractivity contribution is 6.32. The van der Waals surface area contributed by atoms with Gasteiger partial charge in [0.2, 0.25) is 0 Å². The number of nitrogens with zero attached hydrogens (tertiary/aromatic N) is 1. The zero-order chi connectivity index (χ0) is 14.2. The quantitative estimate of drug-likeness (QED) is 0.784. The number of hydrogen-bond donors (Lipinski definition) is 0. The van der Waals surface area contributed by atoms with Crippen LogP contribution in [0.3, 0.4) is 0 Å². The van der Waals surface area contributed by atoms with Crippen molar-refractivity contribution >= 4 is 11.6 Å². The Hall–Kier alpha value is -0.730. The summed E-state index contributed by atoms with van der Waals surface area (Å²) >= 11 is 6.41. The van der Waals surface area contributed by atoms with E-state index in [9.17, 15) is 0 Å². The molecular formula is C16H24ClNO. The van der Waals surface area contributed by atoms with Crippen molar-refractivity contribution in [2.24, 2.45) is 0 Å². The van der Waals surface area contributed by atoms with Crippen molar-refractivity contribution in [2.45, 2.75) is 52.6 Å². The van der Waals surface area contributed by atoms with E-state index in [1.807, 2.05) is 6.07 Å². The van der Waals surface area contributed by atoms with Crippen LogP contribution >= 0.6 is 11.6 Å². The van der Waals surface area contributed by atoms with Crippen LogP contribution in [0.2, 0.25) is 5.02 Å². The van der Waals surface area contributed by atoms with E-state index < -0.39 is 0 Å². The molecule has 0 spiro atoms. The molecular weight excluding hydrogens is 258 g/mol. The summed E-state index contributed by atoms with van der Waals surface area (Å²) in [7, 11) is 0. The maximum atomic E-state index is 6.41. The van der Waals surface area contributed by atoms with Crippen LogP contribution in [-0.2, 0) is 0 Å². The predicted octanol–water partition coefficient (Wildman–Crippen LogP) is 4.63. The van der Waals surface area contributed by atoms with Crippen molar-refractivity contribution in [3.63, 3.8) is 0 Å². The van der Waals surface area contributed by atoms with Gasteiger partial charge < -0.3 is 4.74 Å². The summed E-state index contributed by atoms with van der Waals surface area (Å²) in [6.07, 6.45) is 0. The van der Waals surface area contributed by atoms with Crippen molar-refractivity contribution in [2.75, 3.05) is 13.2 Å². The molecule has 0 saturated carbocycles. The van der Waals surface area contributed by atoms with Crippen LogP contribution in [0, 0.1) is 0 Å². The Morgan fingerprint density at radius 2 is 1.95 bits per heavy atom. The number of fused-ring (bicyclic) bond motifs is 1. The fourth-order valence-corrected chi connectivity index (χ4v) is 3.05. The molecule has 1 aromatic rings. The molecule has 19 heavy (non-hydrogen) atoms. The summed E-state index contributed by atoms with van der Waals surface area (Å²) in [4.78, 5) is 2.46. The predicted molar refractivity (Wildman–Crippen MR) is 81.3 cm³/mol. The van der Waals surface area contributed by atoms with Gasteiger partial charge in [0.05, 0.1) is 5.02 Å². The van der Waals surface area contributed by atoms with Crippen molar-refractivity contribution in [1.29, 1.82) is 0 Å². The van der Waals surface area contributed by atoms with Crippen molar-refractivity contribution in [1.82, 2.24) is 4.90 Å². The highest BCUT2D eigenvalue weighted by Gasteiger charge is 2.27. The maximum absolute atomic E-state index is 6.41. The second kappa shape index (κ2) is 5.72. The third-order valence-electron chi connectivity index (χ3n) is 3.97. The molecule has 0 saturated heterocycles. The van der Waals surface area contributed by atoms with Crippen LogP contribution < -0.4 is 4.74 Å². The van der Waals surface area contributed by atoms with Crippen LogP contribution in [0.4, 0.5) is 0 Å².